The second kappa shape index (κ2) is 8.45. The second-order valence-corrected chi connectivity index (χ2v) is 12.5. The summed E-state index contributed by atoms with van der Waals surface area (Å²) in [4.78, 5) is 13.3. The van der Waals surface area contributed by atoms with Gasteiger partial charge in [0.25, 0.3) is 0 Å². The number of fused-ring (bicyclic) bond motifs is 6. The fourth-order valence-corrected chi connectivity index (χ4v) is 8.83. The molecule has 1 aromatic rings. The van der Waals surface area contributed by atoms with Gasteiger partial charge in [-0.15, -0.1) is 0 Å². The van der Waals surface area contributed by atoms with E-state index in [4.69, 9.17) is 9.47 Å². The number of amides is 1. The number of benzene rings is 1. The van der Waals surface area contributed by atoms with Gasteiger partial charge in [-0.25, -0.2) is 8.42 Å². The van der Waals surface area contributed by atoms with E-state index in [1.165, 1.54) is 30.0 Å². The normalized spacial score (nSPS) is 34.1. The van der Waals surface area contributed by atoms with Crippen LogP contribution in [-0.4, -0.2) is 51.0 Å². The van der Waals surface area contributed by atoms with Crippen molar-refractivity contribution in [1.29, 1.82) is 0 Å². The Hall–Kier alpha value is -1.80. The van der Waals surface area contributed by atoms with Gasteiger partial charge in [0, 0.05) is 37.5 Å². The highest BCUT2D eigenvalue weighted by molar-refractivity contribution is 7.89. The van der Waals surface area contributed by atoms with Crippen molar-refractivity contribution in [1.82, 2.24) is 9.62 Å². The van der Waals surface area contributed by atoms with E-state index in [1.807, 2.05) is 0 Å². The van der Waals surface area contributed by atoms with Crippen molar-refractivity contribution in [2.45, 2.75) is 62.3 Å². The molecule has 0 aromatic heterocycles. The smallest absolute Gasteiger partial charge is 0.243 e. The molecule has 1 aromatic carbocycles. The summed E-state index contributed by atoms with van der Waals surface area (Å²) in [5.41, 5.74) is 0. The van der Waals surface area contributed by atoms with Gasteiger partial charge >= 0.3 is 0 Å². The molecule has 5 aliphatic rings. The number of piperidine rings is 1. The summed E-state index contributed by atoms with van der Waals surface area (Å²) >= 11 is 0. The second-order valence-electron chi connectivity index (χ2n) is 10.6. The molecule has 2 heterocycles. The summed E-state index contributed by atoms with van der Waals surface area (Å²) in [6.45, 7) is 1.83. The Bertz CT molecular complexity index is 1020. The number of ether oxygens (including phenoxy) is 2. The molecule has 5 atom stereocenters. The lowest BCUT2D eigenvalue weighted by Gasteiger charge is -2.35. The van der Waals surface area contributed by atoms with Gasteiger partial charge in [0.1, 0.15) is 0 Å². The lowest BCUT2D eigenvalue weighted by Crippen LogP contribution is -2.48. The summed E-state index contributed by atoms with van der Waals surface area (Å²) in [6, 6.07) is 5.18. The number of carbonyl (C=O) groups excluding carboxylic acids is 1. The Balaban J connectivity index is 1.06. The van der Waals surface area contributed by atoms with E-state index in [-0.39, 0.29) is 16.7 Å². The van der Waals surface area contributed by atoms with Gasteiger partial charge in [-0.3, -0.25) is 4.79 Å². The van der Waals surface area contributed by atoms with Crippen molar-refractivity contribution in [3.8, 4) is 11.5 Å². The first-order valence-corrected chi connectivity index (χ1v) is 14.1. The maximum Gasteiger partial charge on any atom is 0.243 e. The zero-order chi connectivity index (χ0) is 22.6. The van der Waals surface area contributed by atoms with Crippen LogP contribution in [0.1, 0.15) is 51.4 Å². The molecule has 2 aliphatic heterocycles. The van der Waals surface area contributed by atoms with Crippen LogP contribution in [0.5, 0.6) is 11.5 Å². The van der Waals surface area contributed by atoms with Gasteiger partial charge < -0.3 is 14.8 Å². The van der Waals surface area contributed by atoms with E-state index in [2.05, 4.69) is 5.32 Å². The molecular formula is C25H34N2O5S. The number of carbonyl (C=O) groups is 1. The van der Waals surface area contributed by atoms with E-state index in [9.17, 15) is 13.2 Å². The van der Waals surface area contributed by atoms with Gasteiger partial charge in [-0.05, 0) is 74.3 Å². The summed E-state index contributed by atoms with van der Waals surface area (Å²) < 4.78 is 39.3. The topological polar surface area (TPSA) is 84.9 Å². The molecule has 33 heavy (non-hydrogen) atoms. The number of nitrogens with zero attached hydrogens (tertiary/aromatic N) is 1. The van der Waals surface area contributed by atoms with Crippen molar-refractivity contribution < 1.29 is 22.7 Å². The lowest BCUT2D eigenvalue weighted by atomic mass is 9.79. The minimum atomic E-state index is -3.63. The summed E-state index contributed by atoms with van der Waals surface area (Å²) in [6.07, 6.45) is 8.46. The minimum absolute atomic E-state index is 0.0984. The largest absolute Gasteiger partial charge is 0.490 e. The zero-order valence-electron chi connectivity index (χ0n) is 19.1. The van der Waals surface area contributed by atoms with E-state index in [0.717, 1.165) is 30.6 Å². The molecule has 3 saturated carbocycles. The Morgan fingerprint density at radius 1 is 0.909 bits per heavy atom. The van der Waals surface area contributed by atoms with E-state index in [0.29, 0.717) is 62.6 Å². The van der Waals surface area contributed by atoms with E-state index in [1.54, 1.807) is 18.2 Å². The monoisotopic (exact) mass is 474 g/mol. The molecule has 0 unspecified atom stereocenters. The van der Waals surface area contributed by atoms with Gasteiger partial charge in [-0.1, -0.05) is 6.42 Å². The molecule has 7 nitrogen and oxygen atoms in total. The molecule has 6 rings (SSSR count). The first-order chi connectivity index (χ1) is 16.0. The highest BCUT2D eigenvalue weighted by Gasteiger charge is 2.54. The third-order valence-corrected chi connectivity index (χ3v) is 10.8. The average molecular weight is 475 g/mol. The quantitative estimate of drug-likeness (QED) is 0.725. The van der Waals surface area contributed by atoms with Crippen LogP contribution >= 0.6 is 0 Å². The molecule has 4 fully saturated rings. The SMILES string of the molecule is O=C(N[C@@H]1C[C@H]2C[C@H]1[C@@H]1CCC[C@H]21)C1CCN(S(=O)(=O)c2ccc3c(c2)OCCCO3)CC1. The summed E-state index contributed by atoms with van der Waals surface area (Å²) in [7, 11) is -3.63. The highest BCUT2D eigenvalue weighted by atomic mass is 32.2. The Morgan fingerprint density at radius 3 is 2.48 bits per heavy atom. The molecule has 1 saturated heterocycles. The molecule has 1 amide bonds. The Morgan fingerprint density at radius 2 is 1.67 bits per heavy atom. The van der Waals surface area contributed by atoms with Gasteiger partial charge in [-0.2, -0.15) is 4.31 Å². The fraction of sp³-hybridized carbons (Fsp3) is 0.720. The third-order valence-electron chi connectivity index (χ3n) is 8.94. The van der Waals surface area contributed by atoms with Gasteiger partial charge in [0.2, 0.25) is 15.9 Å². The number of sulfonamides is 1. The van der Waals surface area contributed by atoms with E-state index < -0.39 is 10.0 Å². The first-order valence-electron chi connectivity index (χ1n) is 12.7. The Labute approximate surface area is 196 Å². The number of hydrogen-bond donors (Lipinski definition) is 1. The van der Waals surface area contributed by atoms with Crippen LogP contribution in [0.2, 0.25) is 0 Å². The number of hydrogen-bond acceptors (Lipinski definition) is 5. The first kappa shape index (κ1) is 21.7. The van der Waals surface area contributed by atoms with Crippen molar-refractivity contribution in [2.75, 3.05) is 26.3 Å². The van der Waals surface area contributed by atoms with Crippen molar-refractivity contribution >= 4 is 15.9 Å². The number of nitrogens with one attached hydrogen (secondary N) is 1. The maximum atomic E-state index is 13.2. The van der Waals surface area contributed by atoms with Crippen molar-refractivity contribution in [3.05, 3.63) is 18.2 Å². The molecule has 2 bridgehead atoms. The molecular weight excluding hydrogens is 440 g/mol. The molecule has 0 spiro atoms. The van der Waals surface area contributed by atoms with Crippen LogP contribution in [0.4, 0.5) is 0 Å². The van der Waals surface area contributed by atoms with Crippen LogP contribution in [0.15, 0.2) is 23.1 Å². The van der Waals surface area contributed by atoms with Crippen LogP contribution in [0.3, 0.4) is 0 Å². The third kappa shape index (κ3) is 3.83. The molecule has 1 N–H and O–H groups in total. The number of rotatable bonds is 4. The zero-order valence-corrected chi connectivity index (χ0v) is 19.9. The van der Waals surface area contributed by atoms with Crippen molar-refractivity contribution in [2.24, 2.45) is 29.6 Å². The van der Waals surface area contributed by atoms with Gasteiger partial charge in [0.15, 0.2) is 11.5 Å². The van der Waals surface area contributed by atoms with Crippen LogP contribution < -0.4 is 14.8 Å². The van der Waals surface area contributed by atoms with Crippen LogP contribution in [-0.2, 0) is 14.8 Å². The average Bonchev–Trinajstić information content (AvgIpc) is 3.49. The predicted molar refractivity (Wildman–Crippen MR) is 123 cm³/mol. The maximum absolute atomic E-state index is 13.2. The summed E-state index contributed by atoms with van der Waals surface area (Å²) in [5.74, 6) is 4.34. The standard InChI is InChI=1S/C25H34N2O5S/c28-25(26-22-14-17-13-21(22)20-4-1-3-19(17)20)16-7-9-27(10-8-16)33(29,30)18-5-6-23-24(15-18)32-12-2-11-31-23/h5-6,15-17,19-22H,1-4,7-14H2,(H,26,28)/t17-,19-,20-,21+,22-/m1/s1. The molecule has 180 valence electrons. The Kier molecular flexibility index (Phi) is 5.56. The summed E-state index contributed by atoms with van der Waals surface area (Å²) in [5, 5.41) is 3.38. The minimum Gasteiger partial charge on any atom is -0.490 e. The van der Waals surface area contributed by atoms with Gasteiger partial charge in [0.05, 0.1) is 18.1 Å². The van der Waals surface area contributed by atoms with E-state index >= 15 is 0 Å². The molecule has 8 heteroatoms. The van der Waals surface area contributed by atoms with Crippen molar-refractivity contribution in [3.63, 3.8) is 0 Å². The molecule has 0 radical (unpaired) electrons. The highest BCUT2D eigenvalue weighted by Crippen LogP contribution is 2.58. The predicted octanol–water partition coefficient (Wildman–Crippen LogP) is 3.19. The van der Waals surface area contributed by atoms with Crippen LogP contribution in [0.25, 0.3) is 0 Å². The fourth-order valence-electron chi connectivity index (χ4n) is 7.35. The molecule has 3 aliphatic carbocycles. The lowest BCUT2D eigenvalue weighted by molar-refractivity contribution is -0.127. The van der Waals surface area contributed by atoms with Crippen LogP contribution in [0, 0.1) is 29.6 Å².